The van der Waals surface area contributed by atoms with Crippen LogP contribution in [0.2, 0.25) is 0 Å². The topological polar surface area (TPSA) is 254 Å². The van der Waals surface area contributed by atoms with Crippen LogP contribution >= 0.6 is 0 Å². The fourth-order valence-electron chi connectivity index (χ4n) is 9.40. The molecule has 398 valence electrons. The third kappa shape index (κ3) is 15.8. The summed E-state index contributed by atoms with van der Waals surface area (Å²) in [6.45, 7) is 6.90. The largest absolute Gasteiger partial charge is 0.467 e. The summed E-state index contributed by atoms with van der Waals surface area (Å²) in [5.41, 5.74) is 1.83. The number of hydrogen-bond acceptors (Lipinski definition) is 13. The van der Waals surface area contributed by atoms with Crippen molar-refractivity contribution >= 4 is 68.9 Å². The molecule has 0 bridgehead atoms. The van der Waals surface area contributed by atoms with E-state index < -0.39 is 73.2 Å². The second-order valence-electron chi connectivity index (χ2n) is 19.5. The van der Waals surface area contributed by atoms with Gasteiger partial charge in [0.15, 0.2) is 12.1 Å². The molecule has 4 aromatic rings. The zero-order valence-electron chi connectivity index (χ0n) is 43.0. The molecule has 0 aromatic heterocycles. The maximum Gasteiger partial charge on any atom is 0.331 e. The van der Waals surface area contributed by atoms with Gasteiger partial charge in [0, 0.05) is 51.1 Å². The van der Waals surface area contributed by atoms with Gasteiger partial charge in [-0.15, -0.1) is 0 Å². The van der Waals surface area contributed by atoms with Crippen molar-refractivity contribution in [2.75, 3.05) is 46.5 Å². The van der Waals surface area contributed by atoms with E-state index in [9.17, 15) is 43.5 Å². The number of carbonyl (C=O) groups excluding carboxylic acids is 8. The monoisotopic (exact) mass is 1020 g/mol. The summed E-state index contributed by atoms with van der Waals surface area (Å²) in [5, 5.41) is 31.2. The Morgan fingerprint density at radius 3 is 1.46 bits per heavy atom. The number of benzene rings is 4. The third-order valence-electron chi connectivity index (χ3n) is 14.1. The van der Waals surface area contributed by atoms with Crippen LogP contribution in [-0.4, -0.2) is 145 Å². The van der Waals surface area contributed by atoms with E-state index in [-0.39, 0.29) is 87.6 Å². The van der Waals surface area contributed by atoms with Gasteiger partial charge in [0.05, 0.1) is 26.8 Å². The first-order chi connectivity index (χ1) is 35.6. The quantitative estimate of drug-likeness (QED) is 0.0425. The molecule has 0 saturated carbocycles. The summed E-state index contributed by atoms with van der Waals surface area (Å²) in [5.74, 6) is -4.33. The molecular formula is C55H72N8O11. The van der Waals surface area contributed by atoms with E-state index in [1.807, 2.05) is 122 Å². The van der Waals surface area contributed by atoms with E-state index in [2.05, 4.69) is 31.9 Å². The molecule has 0 unspecified atom stereocenters. The second-order valence-corrected chi connectivity index (χ2v) is 19.5. The average molecular weight is 1020 g/mol. The second kappa shape index (κ2) is 27.4. The number of esters is 2. The van der Waals surface area contributed by atoms with Gasteiger partial charge in [0.2, 0.25) is 35.4 Å². The molecule has 0 spiro atoms. The van der Waals surface area contributed by atoms with Gasteiger partial charge in [-0.3, -0.25) is 38.6 Å². The highest BCUT2D eigenvalue weighted by molar-refractivity contribution is 5.92. The Kier molecular flexibility index (Phi) is 20.8. The number of nitrogens with zero attached hydrogens (tertiary/aromatic N) is 2. The highest BCUT2D eigenvalue weighted by Crippen LogP contribution is 2.23. The molecule has 0 aliphatic carbocycles. The molecule has 2 heterocycles. The van der Waals surface area contributed by atoms with Crippen molar-refractivity contribution in [3.63, 3.8) is 0 Å². The Labute approximate surface area is 432 Å². The first kappa shape index (κ1) is 56.3. The van der Waals surface area contributed by atoms with Gasteiger partial charge in [-0.25, -0.2) is 9.59 Å². The Balaban J connectivity index is 1.13. The van der Waals surface area contributed by atoms with Crippen molar-refractivity contribution in [1.82, 2.24) is 41.7 Å². The zero-order valence-corrected chi connectivity index (χ0v) is 43.0. The number of rotatable bonds is 27. The minimum atomic E-state index is -1.56. The van der Waals surface area contributed by atoms with Gasteiger partial charge in [0.1, 0.15) is 18.7 Å². The number of carbonyl (C=O) groups is 8. The molecular weight excluding hydrogens is 949 g/mol. The van der Waals surface area contributed by atoms with Crippen molar-refractivity contribution in [3.8, 4) is 0 Å². The summed E-state index contributed by atoms with van der Waals surface area (Å²) in [6.07, 6.45) is 2.67. The molecule has 6 rings (SSSR count). The van der Waals surface area contributed by atoms with E-state index in [1.165, 1.54) is 0 Å². The van der Waals surface area contributed by atoms with Crippen molar-refractivity contribution in [2.45, 2.75) is 116 Å². The summed E-state index contributed by atoms with van der Waals surface area (Å²) in [4.78, 5) is 109. The van der Waals surface area contributed by atoms with Crippen LogP contribution in [0, 0.1) is 11.8 Å². The Bertz CT molecular complexity index is 2620. The number of methoxy groups -OCH3 is 1. The highest BCUT2D eigenvalue weighted by atomic mass is 16.5. The smallest absolute Gasteiger partial charge is 0.331 e. The Morgan fingerprint density at radius 2 is 1.05 bits per heavy atom. The lowest BCUT2D eigenvalue weighted by Crippen LogP contribution is -2.54. The zero-order chi connectivity index (χ0) is 53.3. The SMILES string of the molecule is CC[C@H](C)[C@@H](CN(CC(=O)N[C@@H](COC(=O)[C@H](CO)NC(=O)CN(Cc1cccc2ccccc12)C[C@@H](NC(=O)[C@@H]1CCC(=O)N1)[C@@H](C)CC)C(=O)OC)Cc1cccc2ccccc12)NC(=O)[C@@H]1CCC(=O)N1. The Hall–Kier alpha value is -6.96. The first-order valence-electron chi connectivity index (χ1n) is 25.6. The molecule has 4 aromatic carbocycles. The lowest BCUT2D eigenvalue weighted by molar-refractivity contribution is -0.155. The van der Waals surface area contributed by atoms with Gasteiger partial charge in [-0.2, -0.15) is 0 Å². The first-order valence-corrected chi connectivity index (χ1v) is 25.6. The number of ether oxygens (including phenoxy) is 2. The molecule has 2 aliphatic rings. The molecule has 19 nitrogen and oxygen atoms in total. The fourth-order valence-corrected chi connectivity index (χ4v) is 9.40. The lowest BCUT2D eigenvalue weighted by atomic mass is 9.97. The van der Waals surface area contributed by atoms with Gasteiger partial charge in [-0.05, 0) is 57.3 Å². The number of aliphatic hydroxyl groups is 1. The van der Waals surface area contributed by atoms with Crippen LogP contribution in [0.5, 0.6) is 0 Å². The summed E-state index contributed by atoms with van der Waals surface area (Å²) in [7, 11) is 1.12. The summed E-state index contributed by atoms with van der Waals surface area (Å²) in [6, 6.07) is 22.1. The molecule has 0 radical (unpaired) electrons. The van der Waals surface area contributed by atoms with E-state index in [0.29, 0.717) is 25.7 Å². The normalized spacial score (nSPS) is 17.9. The predicted octanol–water partition coefficient (Wildman–Crippen LogP) is 2.59. The number of amides is 6. The highest BCUT2D eigenvalue weighted by Gasteiger charge is 2.34. The third-order valence-corrected chi connectivity index (χ3v) is 14.1. The average Bonchev–Trinajstić information content (AvgIpc) is 4.05. The lowest BCUT2D eigenvalue weighted by Gasteiger charge is -2.32. The van der Waals surface area contributed by atoms with Crippen LogP contribution in [0.4, 0.5) is 0 Å². The maximum absolute atomic E-state index is 14.0. The van der Waals surface area contributed by atoms with Crippen molar-refractivity contribution in [3.05, 3.63) is 96.1 Å². The van der Waals surface area contributed by atoms with E-state index >= 15 is 0 Å². The summed E-state index contributed by atoms with van der Waals surface area (Å²) < 4.78 is 10.5. The molecule has 19 heteroatoms. The van der Waals surface area contributed by atoms with Crippen molar-refractivity contribution in [2.24, 2.45) is 11.8 Å². The van der Waals surface area contributed by atoms with Crippen LogP contribution in [0.25, 0.3) is 21.5 Å². The molecule has 2 aliphatic heterocycles. The van der Waals surface area contributed by atoms with Crippen LogP contribution in [0.1, 0.15) is 77.3 Å². The van der Waals surface area contributed by atoms with Crippen molar-refractivity contribution in [1.29, 1.82) is 0 Å². The maximum atomic E-state index is 14.0. The summed E-state index contributed by atoms with van der Waals surface area (Å²) >= 11 is 0. The van der Waals surface area contributed by atoms with Crippen LogP contribution in [0.3, 0.4) is 0 Å². The van der Waals surface area contributed by atoms with E-state index in [1.54, 1.807) is 0 Å². The standard InChI is InChI=1S/C55H72N8O11/c1-6-34(3)44(60-52(69)42-22-24-48(65)56-42)28-62(26-38-18-12-16-36-14-8-10-20-40(36)38)30-50(67)58-46(32-64)55(72)74-33-47(54(71)73-5)59-51(68)31-63(27-39-19-13-17-37-15-9-11-21-41(37)39)29-45(35(4)7-2)61-53(70)43-23-25-49(66)57-43/h8-21,34-35,42-47,64H,6-7,22-33H2,1-5H3,(H,56,65)(H,57,66)(H,58,67)(H,59,68)(H,60,69)(H,61,70)/t34-,35-,42-,43-,44+,45+,46-,47-/m0/s1. The molecule has 8 atom stereocenters. The minimum Gasteiger partial charge on any atom is -0.467 e. The number of aliphatic hydroxyl groups excluding tert-OH is 1. The van der Waals surface area contributed by atoms with E-state index in [0.717, 1.165) is 39.8 Å². The van der Waals surface area contributed by atoms with Crippen molar-refractivity contribution < 1.29 is 52.9 Å². The van der Waals surface area contributed by atoms with Crippen LogP contribution in [-0.2, 0) is 60.9 Å². The molecule has 2 saturated heterocycles. The predicted molar refractivity (Wildman–Crippen MR) is 277 cm³/mol. The number of fused-ring (bicyclic) bond motifs is 2. The van der Waals surface area contributed by atoms with Gasteiger partial charge >= 0.3 is 11.9 Å². The Morgan fingerprint density at radius 1 is 0.622 bits per heavy atom. The van der Waals surface area contributed by atoms with Gasteiger partial charge in [-0.1, -0.05) is 125 Å². The fraction of sp³-hybridized carbons (Fsp3) is 0.491. The van der Waals surface area contributed by atoms with E-state index in [4.69, 9.17) is 9.47 Å². The molecule has 74 heavy (non-hydrogen) atoms. The van der Waals surface area contributed by atoms with Crippen LogP contribution in [0.15, 0.2) is 84.9 Å². The molecule has 6 amide bonds. The van der Waals surface area contributed by atoms with Gasteiger partial charge in [0.25, 0.3) is 0 Å². The molecule has 2 fully saturated rings. The number of nitrogens with one attached hydrogen (secondary N) is 6. The minimum absolute atomic E-state index is 0.0350. The van der Waals surface area contributed by atoms with Gasteiger partial charge < -0.3 is 46.5 Å². The van der Waals surface area contributed by atoms with Crippen LogP contribution < -0.4 is 31.9 Å². The number of hydrogen-bond donors (Lipinski definition) is 7. The molecule has 7 N–H and O–H groups in total.